The molecule has 1 saturated carbocycles. The van der Waals surface area contributed by atoms with Gasteiger partial charge in [0.25, 0.3) is 0 Å². The number of esters is 1. The van der Waals surface area contributed by atoms with Crippen molar-refractivity contribution >= 4 is 35.5 Å². The number of phenolic OH excluding ortho intramolecular Hbond substituents is 1. The van der Waals surface area contributed by atoms with Crippen LogP contribution in [0.3, 0.4) is 0 Å². The Morgan fingerprint density at radius 3 is 1.40 bits per heavy atom. The third kappa shape index (κ3) is 9.18. The highest BCUT2D eigenvalue weighted by molar-refractivity contribution is 8.18. The van der Waals surface area contributed by atoms with Gasteiger partial charge >= 0.3 is 11.9 Å². The lowest BCUT2D eigenvalue weighted by atomic mass is 9.79. The first kappa shape index (κ1) is 35.3. The zero-order chi connectivity index (χ0) is 32.8. The monoisotopic (exact) mass is 630 g/mol. The SMILES string of the molecule is CC(C)(C)c1cc(SC2(Sc3cc(C(C)(C)C)c(OC(=O)COCC(=O)O)c(C(C)(C)C)c3)CC2)cc(C(C)(C)C)c1O. The largest absolute Gasteiger partial charge is 0.507 e. The van der Waals surface area contributed by atoms with E-state index >= 15 is 0 Å². The highest BCUT2D eigenvalue weighted by atomic mass is 32.2. The van der Waals surface area contributed by atoms with Gasteiger partial charge in [-0.25, -0.2) is 9.59 Å². The molecule has 1 aliphatic rings. The van der Waals surface area contributed by atoms with Crippen molar-refractivity contribution in [3.63, 3.8) is 0 Å². The molecule has 0 radical (unpaired) electrons. The van der Waals surface area contributed by atoms with Gasteiger partial charge in [0.1, 0.15) is 24.7 Å². The van der Waals surface area contributed by atoms with E-state index in [1.807, 2.05) is 23.5 Å². The highest BCUT2D eigenvalue weighted by Gasteiger charge is 2.46. The van der Waals surface area contributed by atoms with E-state index in [1.54, 1.807) is 0 Å². The molecule has 8 heteroatoms. The third-order valence-electron chi connectivity index (χ3n) is 7.31. The quantitative estimate of drug-likeness (QED) is 0.161. The van der Waals surface area contributed by atoms with E-state index in [0.717, 1.165) is 44.9 Å². The minimum absolute atomic E-state index is 0.0333. The Morgan fingerprint density at radius 1 is 0.698 bits per heavy atom. The number of thioether (sulfide) groups is 2. The summed E-state index contributed by atoms with van der Waals surface area (Å²) in [6, 6.07) is 8.59. The minimum atomic E-state index is -1.14. The number of hydrogen-bond acceptors (Lipinski definition) is 7. The smallest absolute Gasteiger partial charge is 0.337 e. The Labute approximate surface area is 266 Å². The van der Waals surface area contributed by atoms with E-state index in [-0.39, 0.29) is 25.7 Å². The van der Waals surface area contributed by atoms with Crippen molar-refractivity contribution in [1.29, 1.82) is 0 Å². The fraction of sp³-hybridized carbons (Fsp3) is 0.600. The zero-order valence-electron chi connectivity index (χ0n) is 28.0. The van der Waals surface area contributed by atoms with Crippen molar-refractivity contribution in [3.05, 3.63) is 46.5 Å². The van der Waals surface area contributed by atoms with E-state index in [9.17, 15) is 14.7 Å². The van der Waals surface area contributed by atoms with Gasteiger partial charge in [0.15, 0.2) is 0 Å². The van der Waals surface area contributed by atoms with Crippen LogP contribution in [0.2, 0.25) is 0 Å². The molecule has 0 bridgehead atoms. The number of carbonyl (C=O) groups is 2. The molecule has 6 nitrogen and oxygen atoms in total. The van der Waals surface area contributed by atoms with Crippen LogP contribution >= 0.6 is 23.5 Å². The maximum Gasteiger partial charge on any atom is 0.337 e. The minimum Gasteiger partial charge on any atom is -0.507 e. The van der Waals surface area contributed by atoms with Crippen LogP contribution in [0.5, 0.6) is 11.5 Å². The summed E-state index contributed by atoms with van der Waals surface area (Å²) in [6.45, 7) is 24.4. The summed E-state index contributed by atoms with van der Waals surface area (Å²) in [5, 5.41) is 20.1. The molecule has 1 aliphatic carbocycles. The second-order valence-electron chi connectivity index (χ2n) is 15.7. The number of benzene rings is 2. The van der Waals surface area contributed by atoms with Gasteiger partial charge in [-0.1, -0.05) is 83.1 Å². The lowest BCUT2D eigenvalue weighted by Crippen LogP contribution is -2.24. The van der Waals surface area contributed by atoms with Gasteiger partial charge in [0.2, 0.25) is 0 Å². The summed E-state index contributed by atoms with van der Waals surface area (Å²) in [5.74, 6) is -0.842. The standard InChI is InChI=1S/C35H50O6S2/c1-31(2,3)23-15-21(16-24(29(23)39)32(4,5)6)42-35(13-14-35)43-22-17-25(33(7,8)9)30(26(18-22)34(10,11)12)41-28(38)20-40-19-27(36)37/h15-18,39H,13-14,19-20H2,1-12H3,(H,36,37). The van der Waals surface area contributed by atoms with Crippen LogP contribution < -0.4 is 4.74 Å². The second-order valence-corrected chi connectivity index (χ2v) is 18.9. The first-order chi connectivity index (χ1) is 19.4. The maximum absolute atomic E-state index is 12.7. The molecule has 0 atom stereocenters. The van der Waals surface area contributed by atoms with Gasteiger partial charge in [-0.15, -0.1) is 23.5 Å². The molecule has 238 valence electrons. The second kappa shape index (κ2) is 12.3. The number of carboxylic acids is 1. The van der Waals surface area contributed by atoms with Crippen molar-refractivity contribution in [2.24, 2.45) is 0 Å². The Balaban J connectivity index is 2.03. The van der Waals surface area contributed by atoms with E-state index < -0.39 is 25.2 Å². The number of carboxylic acid groups (broad SMARTS) is 1. The third-order valence-corrected chi connectivity index (χ3v) is 10.3. The fourth-order valence-corrected chi connectivity index (χ4v) is 7.74. The van der Waals surface area contributed by atoms with E-state index in [2.05, 4.69) is 107 Å². The summed E-state index contributed by atoms with van der Waals surface area (Å²) < 4.78 is 10.9. The number of phenols is 1. The first-order valence-corrected chi connectivity index (χ1v) is 16.5. The lowest BCUT2D eigenvalue weighted by Gasteiger charge is -2.31. The van der Waals surface area contributed by atoms with Gasteiger partial charge in [-0.05, 0) is 58.8 Å². The Bertz CT molecular complexity index is 1290. The molecule has 2 aromatic rings. The average molecular weight is 631 g/mol. The molecule has 2 N–H and O–H groups in total. The van der Waals surface area contributed by atoms with Gasteiger partial charge in [0.05, 0.1) is 4.08 Å². The first-order valence-electron chi connectivity index (χ1n) is 14.9. The van der Waals surface area contributed by atoms with Crippen LogP contribution in [-0.2, 0) is 36.0 Å². The van der Waals surface area contributed by atoms with Crippen molar-refractivity contribution in [1.82, 2.24) is 0 Å². The molecular weight excluding hydrogens is 581 g/mol. The molecule has 0 amide bonds. The average Bonchev–Trinajstić information content (AvgIpc) is 3.56. The Hall–Kier alpha value is -2.16. The molecule has 0 heterocycles. The predicted octanol–water partition coefficient (Wildman–Crippen LogP) is 8.96. The molecule has 0 spiro atoms. The van der Waals surface area contributed by atoms with Gasteiger partial charge in [0, 0.05) is 32.0 Å². The molecule has 2 aromatic carbocycles. The number of aliphatic carboxylic acids is 1. The van der Waals surface area contributed by atoms with Gasteiger partial charge < -0.3 is 19.7 Å². The number of rotatable bonds is 9. The zero-order valence-corrected chi connectivity index (χ0v) is 29.6. The van der Waals surface area contributed by atoms with Crippen LogP contribution in [0.4, 0.5) is 0 Å². The van der Waals surface area contributed by atoms with Crippen molar-refractivity contribution in [3.8, 4) is 11.5 Å². The van der Waals surface area contributed by atoms with Crippen LogP contribution in [0.25, 0.3) is 0 Å². The van der Waals surface area contributed by atoms with Crippen LogP contribution in [-0.4, -0.2) is 39.4 Å². The summed E-state index contributed by atoms with van der Waals surface area (Å²) >= 11 is 3.73. The van der Waals surface area contributed by atoms with E-state index in [0.29, 0.717) is 11.5 Å². The molecular formula is C35H50O6S2. The van der Waals surface area contributed by atoms with Gasteiger partial charge in [-0.2, -0.15) is 0 Å². The van der Waals surface area contributed by atoms with E-state index in [1.165, 1.54) is 0 Å². The summed E-state index contributed by atoms with van der Waals surface area (Å²) in [7, 11) is 0. The Morgan fingerprint density at radius 2 is 1.07 bits per heavy atom. The highest BCUT2D eigenvalue weighted by Crippen LogP contribution is 2.63. The summed E-state index contributed by atoms with van der Waals surface area (Å²) in [6.07, 6.45) is 2.12. The molecule has 0 unspecified atom stereocenters. The number of carbonyl (C=O) groups excluding carboxylic acids is 1. The Kier molecular flexibility index (Phi) is 10.1. The van der Waals surface area contributed by atoms with Crippen LogP contribution in [0.15, 0.2) is 34.1 Å². The van der Waals surface area contributed by atoms with Gasteiger partial charge in [-0.3, -0.25) is 0 Å². The number of ether oxygens (including phenoxy) is 2. The predicted molar refractivity (Wildman–Crippen MR) is 177 cm³/mol. The number of hydrogen-bond donors (Lipinski definition) is 2. The molecule has 3 rings (SSSR count). The molecule has 0 saturated heterocycles. The lowest BCUT2D eigenvalue weighted by molar-refractivity contribution is -0.147. The van der Waals surface area contributed by atoms with Crippen molar-refractivity contribution in [2.75, 3.05) is 13.2 Å². The van der Waals surface area contributed by atoms with Crippen LogP contribution in [0.1, 0.15) is 118 Å². The van der Waals surface area contributed by atoms with Crippen molar-refractivity contribution in [2.45, 2.75) is 131 Å². The van der Waals surface area contributed by atoms with E-state index in [4.69, 9.17) is 14.6 Å². The molecule has 0 aliphatic heterocycles. The van der Waals surface area contributed by atoms with Crippen LogP contribution in [0, 0.1) is 0 Å². The fourth-order valence-electron chi connectivity index (χ4n) is 4.82. The molecule has 0 aromatic heterocycles. The summed E-state index contributed by atoms with van der Waals surface area (Å²) in [5.41, 5.74) is 2.74. The normalized spacial score (nSPS) is 15.3. The van der Waals surface area contributed by atoms with Crippen molar-refractivity contribution < 1.29 is 29.3 Å². The number of aromatic hydroxyl groups is 1. The summed E-state index contributed by atoms with van der Waals surface area (Å²) in [4.78, 5) is 25.8. The molecule has 43 heavy (non-hydrogen) atoms. The maximum atomic E-state index is 12.7. The molecule has 1 fully saturated rings. The topological polar surface area (TPSA) is 93.1 Å².